The van der Waals surface area contributed by atoms with E-state index in [1.165, 1.54) is 6.07 Å². The Hall–Kier alpha value is -0.770. The molecule has 1 rings (SSSR count). The summed E-state index contributed by atoms with van der Waals surface area (Å²) in [5, 5.41) is 0. The lowest BCUT2D eigenvalue weighted by Crippen LogP contribution is -2.20. The Morgan fingerprint density at radius 1 is 1.36 bits per heavy atom. The number of nitrogens with zero attached hydrogens (tertiary/aromatic N) is 1. The standard InChI is InChI=1S/C10H13F2NS/c1-13(5-2-6-14)10-7-8(11)3-4-9(10)12/h3-4,7,14H,2,5-6H2,1H3. The fraction of sp³-hybridized carbons (Fsp3) is 0.400. The second kappa shape index (κ2) is 5.20. The van der Waals surface area contributed by atoms with Crippen LogP contribution in [-0.2, 0) is 0 Å². The molecule has 14 heavy (non-hydrogen) atoms. The quantitative estimate of drug-likeness (QED) is 0.759. The van der Waals surface area contributed by atoms with Crippen molar-refractivity contribution in [2.75, 3.05) is 24.2 Å². The van der Waals surface area contributed by atoms with Crippen molar-refractivity contribution in [1.82, 2.24) is 0 Å². The molecule has 1 nitrogen and oxygen atoms in total. The van der Waals surface area contributed by atoms with Crippen LogP contribution in [0.2, 0.25) is 0 Å². The maximum Gasteiger partial charge on any atom is 0.146 e. The van der Waals surface area contributed by atoms with Crippen molar-refractivity contribution in [2.45, 2.75) is 6.42 Å². The minimum Gasteiger partial charge on any atom is -0.372 e. The van der Waals surface area contributed by atoms with E-state index in [4.69, 9.17) is 0 Å². The highest BCUT2D eigenvalue weighted by atomic mass is 32.1. The van der Waals surface area contributed by atoms with Gasteiger partial charge in [0, 0.05) is 19.7 Å². The van der Waals surface area contributed by atoms with Crippen molar-refractivity contribution in [1.29, 1.82) is 0 Å². The molecule has 1 aromatic rings. The topological polar surface area (TPSA) is 3.24 Å². The Balaban J connectivity index is 2.77. The summed E-state index contributed by atoms with van der Waals surface area (Å²) in [5.41, 5.74) is 0.298. The summed E-state index contributed by atoms with van der Waals surface area (Å²) in [4.78, 5) is 1.69. The highest BCUT2D eigenvalue weighted by Crippen LogP contribution is 2.19. The van der Waals surface area contributed by atoms with Crippen LogP contribution < -0.4 is 4.90 Å². The minimum absolute atomic E-state index is 0.298. The van der Waals surface area contributed by atoms with Crippen molar-refractivity contribution in [3.8, 4) is 0 Å². The maximum atomic E-state index is 13.2. The SMILES string of the molecule is CN(CCCS)c1cc(F)ccc1F. The van der Waals surface area contributed by atoms with Gasteiger partial charge in [-0.05, 0) is 24.3 Å². The van der Waals surface area contributed by atoms with Crippen LogP contribution >= 0.6 is 12.6 Å². The van der Waals surface area contributed by atoms with E-state index in [0.29, 0.717) is 12.2 Å². The maximum absolute atomic E-state index is 13.2. The zero-order valence-electron chi connectivity index (χ0n) is 8.00. The lowest BCUT2D eigenvalue weighted by Gasteiger charge is -2.19. The molecule has 0 saturated carbocycles. The Morgan fingerprint density at radius 3 is 2.71 bits per heavy atom. The second-order valence-electron chi connectivity index (χ2n) is 3.09. The van der Waals surface area contributed by atoms with Crippen molar-refractivity contribution in [3.05, 3.63) is 29.8 Å². The third-order valence-corrected chi connectivity index (χ3v) is 2.29. The van der Waals surface area contributed by atoms with Crippen molar-refractivity contribution < 1.29 is 8.78 Å². The zero-order chi connectivity index (χ0) is 10.6. The molecule has 1 aromatic carbocycles. The van der Waals surface area contributed by atoms with Gasteiger partial charge < -0.3 is 4.90 Å². The van der Waals surface area contributed by atoms with Gasteiger partial charge in [-0.2, -0.15) is 12.6 Å². The molecule has 0 fully saturated rings. The zero-order valence-corrected chi connectivity index (χ0v) is 8.90. The largest absolute Gasteiger partial charge is 0.372 e. The summed E-state index contributed by atoms with van der Waals surface area (Å²) in [5.74, 6) is -0.0754. The number of hydrogen-bond acceptors (Lipinski definition) is 2. The molecule has 0 aliphatic carbocycles. The van der Waals surface area contributed by atoms with E-state index in [9.17, 15) is 8.78 Å². The van der Waals surface area contributed by atoms with E-state index in [0.717, 1.165) is 24.3 Å². The summed E-state index contributed by atoms with van der Waals surface area (Å²) in [6, 6.07) is 3.46. The van der Waals surface area contributed by atoms with Crippen LogP contribution in [-0.4, -0.2) is 19.3 Å². The van der Waals surface area contributed by atoms with E-state index < -0.39 is 11.6 Å². The van der Waals surface area contributed by atoms with E-state index in [1.54, 1.807) is 11.9 Å². The molecule has 0 unspecified atom stereocenters. The molecule has 0 bridgehead atoms. The Bertz CT molecular complexity index is 304. The van der Waals surface area contributed by atoms with Crippen LogP contribution in [0.1, 0.15) is 6.42 Å². The molecule has 78 valence electrons. The minimum atomic E-state index is -0.417. The van der Waals surface area contributed by atoms with Crippen LogP contribution in [0.25, 0.3) is 0 Å². The predicted octanol–water partition coefficient (Wildman–Crippen LogP) is 2.72. The van der Waals surface area contributed by atoms with Crippen LogP contribution in [0, 0.1) is 11.6 Å². The van der Waals surface area contributed by atoms with Crippen LogP contribution in [0.15, 0.2) is 18.2 Å². The van der Waals surface area contributed by atoms with Gasteiger partial charge in [-0.3, -0.25) is 0 Å². The van der Waals surface area contributed by atoms with Gasteiger partial charge in [0.1, 0.15) is 11.6 Å². The van der Waals surface area contributed by atoms with E-state index in [2.05, 4.69) is 12.6 Å². The molecule has 0 aliphatic rings. The van der Waals surface area contributed by atoms with E-state index in [-0.39, 0.29) is 0 Å². The predicted molar refractivity (Wildman–Crippen MR) is 58.1 cm³/mol. The van der Waals surface area contributed by atoms with Crippen molar-refractivity contribution in [2.24, 2.45) is 0 Å². The molecule has 0 aliphatic heterocycles. The van der Waals surface area contributed by atoms with Crippen LogP contribution in [0.3, 0.4) is 0 Å². The Labute approximate surface area is 88.1 Å². The number of thiol groups is 1. The number of benzene rings is 1. The number of anilines is 1. The number of rotatable bonds is 4. The summed E-state index contributed by atoms with van der Waals surface area (Å²) < 4.78 is 26.0. The first-order valence-corrected chi connectivity index (χ1v) is 5.05. The second-order valence-corrected chi connectivity index (χ2v) is 3.54. The molecule has 0 aromatic heterocycles. The third-order valence-electron chi connectivity index (χ3n) is 1.97. The summed E-state index contributed by atoms with van der Waals surface area (Å²) in [7, 11) is 1.74. The molecule has 4 heteroatoms. The molecule has 0 atom stereocenters. The van der Waals surface area contributed by atoms with Crippen molar-refractivity contribution in [3.63, 3.8) is 0 Å². The highest BCUT2D eigenvalue weighted by Gasteiger charge is 2.07. The first-order chi connectivity index (χ1) is 6.65. The van der Waals surface area contributed by atoms with Gasteiger partial charge in [0.25, 0.3) is 0 Å². The van der Waals surface area contributed by atoms with Gasteiger partial charge in [-0.15, -0.1) is 0 Å². The molecular formula is C10H13F2NS. The third kappa shape index (κ3) is 2.87. The van der Waals surface area contributed by atoms with Gasteiger partial charge in [-0.25, -0.2) is 8.78 Å². The van der Waals surface area contributed by atoms with Gasteiger partial charge in [0.15, 0.2) is 0 Å². The van der Waals surface area contributed by atoms with Gasteiger partial charge in [0.05, 0.1) is 5.69 Å². The Morgan fingerprint density at radius 2 is 2.07 bits per heavy atom. The summed E-state index contributed by atoms with van der Waals surface area (Å²) >= 11 is 4.06. The molecule has 0 spiro atoms. The first kappa shape index (κ1) is 11.3. The van der Waals surface area contributed by atoms with Gasteiger partial charge in [-0.1, -0.05) is 0 Å². The van der Waals surface area contributed by atoms with Crippen molar-refractivity contribution >= 4 is 18.3 Å². The van der Waals surface area contributed by atoms with E-state index in [1.807, 2.05) is 0 Å². The monoisotopic (exact) mass is 217 g/mol. The first-order valence-electron chi connectivity index (χ1n) is 4.42. The summed E-state index contributed by atoms with van der Waals surface area (Å²) in [6.07, 6.45) is 0.843. The van der Waals surface area contributed by atoms with Crippen LogP contribution in [0.5, 0.6) is 0 Å². The van der Waals surface area contributed by atoms with Crippen LogP contribution in [0.4, 0.5) is 14.5 Å². The fourth-order valence-corrected chi connectivity index (χ4v) is 1.35. The van der Waals surface area contributed by atoms with Gasteiger partial charge in [0.2, 0.25) is 0 Å². The smallest absolute Gasteiger partial charge is 0.146 e. The lowest BCUT2D eigenvalue weighted by atomic mass is 10.2. The Kier molecular flexibility index (Phi) is 4.20. The van der Waals surface area contributed by atoms with Gasteiger partial charge >= 0.3 is 0 Å². The lowest BCUT2D eigenvalue weighted by molar-refractivity contribution is 0.596. The molecule has 0 amide bonds. The number of hydrogen-bond donors (Lipinski definition) is 1. The molecule has 0 saturated heterocycles. The molecule has 0 heterocycles. The molecule has 0 N–H and O–H groups in total. The number of halogens is 2. The normalized spacial score (nSPS) is 10.3. The highest BCUT2D eigenvalue weighted by molar-refractivity contribution is 7.80. The summed E-state index contributed by atoms with van der Waals surface area (Å²) in [6.45, 7) is 0.671. The average molecular weight is 217 g/mol. The average Bonchev–Trinajstić information content (AvgIpc) is 2.18. The fourth-order valence-electron chi connectivity index (χ4n) is 1.21. The molecular weight excluding hydrogens is 204 g/mol. The molecule has 0 radical (unpaired) electrons. The van der Waals surface area contributed by atoms with E-state index >= 15 is 0 Å².